The first-order chi connectivity index (χ1) is 16.3. The number of hydrogen-bond acceptors (Lipinski definition) is 4. The van der Waals surface area contributed by atoms with Crippen LogP contribution in [0.2, 0.25) is 10.0 Å². The Morgan fingerprint density at radius 1 is 1.06 bits per heavy atom. The number of carbonyl (C=O) groups is 1. The molecule has 1 amide bonds. The molecule has 1 N–H and O–H groups in total. The Morgan fingerprint density at radius 3 is 2.65 bits per heavy atom. The fourth-order valence-electron chi connectivity index (χ4n) is 3.64. The van der Waals surface area contributed by atoms with E-state index in [0.717, 1.165) is 22.4 Å². The van der Waals surface area contributed by atoms with Crippen molar-refractivity contribution in [2.45, 2.75) is 25.4 Å². The van der Waals surface area contributed by atoms with Crippen molar-refractivity contribution in [3.63, 3.8) is 0 Å². The van der Waals surface area contributed by atoms with Crippen LogP contribution in [0.3, 0.4) is 0 Å². The molecule has 0 fully saturated rings. The van der Waals surface area contributed by atoms with Crippen molar-refractivity contribution in [2.75, 3.05) is 12.3 Å². The first-order valence-electron chi connectivity index (χ1n) is 10.8. The summed E-state index contributed by atoms with van der Waals surface area (Å²) in [5.74, 6) is -0.0192. The average molecular weight is 512 g/mol. The Labute approximate surface area is 212 Å². The molecule has 4 aromatic rings. The molecule has 0 saturated heterocycles. The Bertz CT molecular complexity index is 1440. The summed E-state index contributed by atoms with van der Waals surface area (Å²) >= 11 is 13.4. The lowest BCUT2D eigenvalue weighted by Crippen LogP contribution is -2.28. The third-order valence-corrected chi connectivity index (χ3v) is 7.15. The summed E-state index contributed by atoms with van der Waals surface area (Å²) in [6.07, 6.45) is 0.591. The van der Waals surface area contributed by atoms with Gasteiger partial charge in [0.15, 0.2) is 5.16 Å². The summed E-state index contributed by atoms with van der Waals surface area (Å²) < 4.78 is 1.61. The molecule has 0 atom stereocenters. The summed E-state index contributed by atoms with van der Waals surface area (Å²) in [5, 5.41) is 5.08. The Morgan fingerprint density at radius 2 is 1.85 bits per heavy atom. The second-order valence-electron chi connectivity index (χ2n) is 7.90. The summed E-state index contributed by atoms with van der Waals surface area (Å²) in [4.78, 5) is 30.7. The van der Waals surface area contributed by atoms with E-state index in [2.05, 4.69) is 5.32 Å². The normalized spacial score (nSPS) is 11.1. The predicted octanol–water partition coefficient (Wildman–Crippen LogP) is 5.76. The van der Waals surface area contributed by atoms with Crippen LogP contribution in [0.25, 0.3) is 16.6 Å². The molecule has 0 aliphatic rings. The number of fused-ring (bicyclic) bond motifs is 1. The van der Waals surface area contributed by atoms with Crippen molar-refractivity contribution < 1.29 is 4.79 Å². The van der Waals surface area contributed by atoms with Gasteiger partial charge < -0.3 is 5.32 Å². The summed E-state index contributed by atoms with van der Waals surface area (Å²) in [5.41, 5.74) is 4.20. The largest absolute Gasteiger partial charge is 0.355 e. The van der Waals surface area contributed by atoms with Crippen molar-refractivity contribution in [3.8, 4) is 5.69 Å². The van der Waals surface area contributed by atoms with Crippen LogP contribution in [0.1, 0.15) is 16.7 Å². The average Bonchev–Trinajstić information content (AvgIpc) is 2.81. The number of halogens is 2. The maximum Gasteiger partial charge on any atom is 0.266 e. The lowest BCUT2D eigenvalue weighted by Gasteiger charge is -2.16. The van der Waals surface area contributed by atoms with Gasteiger partial charge in [-0.1, -0.05) is 65.3 Å². The first-order valence-corrected chi connectivity index (χ1v) is 12.5. The van der Waals surface area contributed by atoms with Gasteiger partial charge in [0, 0.05) is 16.6 Å². The van der Waals surface area contributed by atoms with Gasteiger partial charge in [-0.25, -0.2) is 4.98 Å². The lowest BCUT2D eigenvalue weighted by molar-refractivity contribution is -0.118. The van der Waals surface area contributed by atoms with E-state index in [1.54, 1.807) is 22.8 Å². The molecule has 5 nitrogen and oxygen atoms in total. The third kappa shape index (κ3) is 5.30. The van der Waals surface area contributed by atoms with E-state index in [1.165, 1.54) is 11.8 Å². The number of amides is 1. The molecule has 0 saturated carbocycles. The van der Waals surface area contributed by atoms with Crippen molar-refractivity contribution in [1.29, 1.82) is 0 Å². The van der Waals surface area contributed by atoms with Crippen LogP contribution in [-0.4, -0.2) is 27.8 Å². The molecule has 34 heavy (non-hydrogen) atoms. The van der Waals surface area contributed by atoms with E-state index in [-0.39, 0.29) is 17.2 Å². The molecule has 0 aliphatic heterocycles. The highest BCUT2D eigenvalue weighted by molar-refractivity contribution is 7.99. The van der Waals surface area contributed by atoms with E-state index in [9.17, 15) is 9.59 Å². The molecule has 0 spiro atoms. The number of aryl methyl sites for hydroxylation is 1. The minimum atomic E-state index is -0.153. The van der Waals surface area contributed by atoms with Gasteiger partial charge in [-0.15, -0.1) is 0 Å². The van der Waals surface area contributed by atoms with E-state index >= 15 is 0 Å². The molecule has 0 unspecified atom stereocenters. The number of rotatable bonds is 7. The minimum Gasteiger partial charge on any atom is -0.355 e. The van der Waals surface area contributed by atoms with Crippen LogP contribution in [0.4, 0.5) is 0 Å². The lowest BCUT2D eigenvalue weighted by atomic mass is 10.1. The minimum absolute atomic E-state index is 0.129. The molecule has 0 aliphatic carbocycles. The smallest absolute Gasteiger partial charge is 0.266 e. The number of nitrogens with one attached hydrogen (secondary N) is 1. The standard InChI is InChI=1S/C26H23Cl2N3O2S/c1-16-6-5-9-23(17(16)2)31-25(33)20-7-3-4-8-22(20)30-26(31)34-15-24(32)29-13-12-18-10-11-19(27)14-21(18)28/h3-11,14H,12-13,15H2,1-2H3,(H,29,32). The van der Waals surface area contributed by atoms with Crippen LogP contribution < -0.4 is 10.9 Å². The molecular weight excluding hydrogens is 489 g/mol. The third-order valence-electron chi connectivity index (χ3n) is 5.63. The van der Waals surface area contributed by atoms with Crippen LogP contribution in [0, 0.1) is 13.8 Å². The predicted molar refractivity (Wildman–Crippen MR) is 141 cm³/mol. The Hall–Kier alpha value is -2.80. The van der Waals surface area contributed by atoms with Crippen LogP contribution in [0.15, 0.2) is 70.6 Å². The summed E-state index contributed by atoms with van der Waals surface area (Å²) in [6.45, 7) is 4.43. The van der Waals surface area contributed by atoms with Gasteiger partial charge in [0.1, 0.15) is 0 Å². The zero-order valence-electron chi connectivity index (χ0n) is 18.8. The topological polar surface area (TPSA) is 64.0 Å². The number of para-hydroxylation sites is 1. The second kappa shape index (κ2) is 10.6. The maximum atomic E-state index is 13.4. The van der Waals surface area contributed by atoms with E-state index < -0.39 is 0 Å². The summed E-state index contributed by atoms with van der Waals surface area (Å²) in [7, 11) is 0. The molecule has 1 heterocycles. The molecule has 8 heteroatoms. The maximum absolute atomic E-state index is 13.4. The van der Waals surface area contributed by atoms with Gasteiger partial charge in [-0.3, -0.25) is 14.2 Å². The van der Waals surface area contributed by atoms with Gasteiger partial charge in [0.25, 0.3) is 5.56 Å². The van der Waals surface area contributed by atoms with Gasteiger partial charge in [-0.05, 0) is 67.3 Å². The van der Waals surface area contributed by atoms with E-state index in [0.29, 0.717) is 39.1 Å². The fourth-order valence-corrected chi connectivity index (χ4v) is 4.98. The van der Waals surface area contributed by atoms with Crippen molar-refractivity contribution in [1.82, 2.24) is 14.9 Å². The van der Waals surface area contributed by atoms with Crippen molar-refractivity contribution in [3.05, 3.63) is 97.8 Å². The fraction of sp³-hybridized carbons (Fsp3) is 0.192. The highest BCUT2D eigenvalue weighted by Crippen LogP contribution is 2.25. The summed E-state index contributed by atoms with van der Waals surface area (Å²) in [6, 6.07) is 18.4. The number of nitrogens with zero attached hydrogens (tertiary/aromatic N) is 2. The van der Waals surface area contributed by atoms with E-state index in [1.807, 2.05) is 56.3 Å². The highest BCUT2D eigenvalue weighted by Gasteiger charge is 2.16. The van der Waals surface area contributed by atoms with Crippen LogP contribution in [-0.2, 0) is 11.2 Å². The Balaban J connectivity index is 1.54. The van der Waals surface area contributed by atoms with Gasteiger partial charge in [-0.2, -0.15) is 0 Å². The quantitative estimate of drug-likeness (QED) is 0.253. The van der Waals surface area contributed by atoms with Crippen molar-refractivity contribution >= 4 is 51.8 Å². The van der Waals surface area contributed by atoms with Gasteiger partial charge >= 0.3 is 0 Å². The molecule has 0 radical (unpaired) electrons. The number of benzene rings is 3. The molecule has 0 bridgehead atoms. The number of thioether (sulfide) groups is 1. The number of hydrogen-bond donors (Lipinski definition) is 1. The zero-order valence-corrected chi connectivity index (χ0v) is 21.1. The Kier molecular flexibility index (Phi) is 7.61. The van der Waals surface area contributed by atoms with E-state index in [4.69, 9.17) is 28.2 Å². The molecular formula is C26H23Cl2N3O2S. The van der Waals surface area contributed by atoms with Crippen LogP contribution >= 0.6 is 35.0 Å². The first kappa shape index (κ1) is 24.3. The van der Waals surface area contributed by atoms with Crippen LogP contribution in [0.5, 0.6) is 0 Å². The monoisotopic (exact) mass is 511 g/mol. The molecule has 4 rings (SSSR count). The second-order valence-corrected chi connectivity index (χ2v) is 9.68. The number of aromatic nitrogens is 2. The molecule has 3 aromatic carbocycles. The molecule has 1 aromatic heterocycles. The highest BCUT2D eigenvalue weighted by atomic mass is 35.5. The van der Waals surface area contributed by atoms with Gasteiger partial charge in [0.05, 0.1) is 22.3 Å². The SMILES string of the molecule is Cc1cccc(-n2c(SCC(=O)NCCc3ccc(Cl)cc3Cl)nc3ccccc3c2=O)c1C. The number of carbonyl (C=O) groups excluding carboxylic acids is 1. The zero-order chi connectivity index (χ0) is 24.2. The van der Waals surface area contributed by atoms with Crippen molar-refractivity contribution in [2.24, 2.45) is 0 Å². The van der Waals surface area contributed by atoms with Gasteiger partial charge in [0.2, 0.25) is 5.91 Å². The molecule has 174 valence electrons.